The molecule has 40 heavy (non-hydrogen) atoms. The van der Waals surface area contributed by atoms with Crippen molar-refractivity contribution in [1.29, 1.82) is 0 Å². The molecule has 2 aromatic carbocycles. The van der Waals surface area contributed by atoms with Crippen molar-refractivity contribution in [2.75, 3.05) is 32.5 Å². The Hall–Kier alpha value is -2.85. The minimum Gasteiger partial charge on any atom is -0.497 e. The highest BCUT2D eigenvalue weighted by atomic mass is 32.2. The molecule has 1 unspecified atom stereocenters. The van der Waals surface area contributed by atoms with Crippen molar-refractivity contribution in [3.05, 3.63) is 65.9 Å². The molecule has 0 radical (unpaired) electrons. The quantitative estimate of drug-likeness (QED) is 0.176. The lowest BCUT2D eigenvalue weighted by atomic mass is 9.79. The number of pyridine rings is 1. The SMILES string of the molecule is COc1ccc2nccc(C(F)CC[C@@H]3CCN(CCSc4ccccc4C(F)(F)F)C[C@@H]3CCC(=O)O)c2c1. The van der Waals surface area contributed by atoms with Gasteiger partial charge in [-0.05, 0) is 86.0 Å². The summed E-state index contributed by atoms with van der Waals surface area (Å²) in [5, 5.41) is 10.00. The van der Waals surface area contributed by atoms with Crippen molar-refractivity contribution in [2.24, 2.45) is 11.8 Å². The summed E-state index contributed by atoms with van der Waals surface area (Å²) in [5.41, 5.74) is 0.642. The van der Waals surface area contributed by atoms with Crippen LogP contribution in [0.3, 0.4) is 0 Å². The molecular weight excluding hydrogens is 544 g/mol. The van der Waals surface area contributed by atoms with Crippen molar-refractivity contribution in [3.8, 4) is 5.75 Å². The molecule has 10 heteroatoms. The Bertz CT molecular complexity index is 1290. The lowest BCUT2D eigenvalue weighted by Crippen LogP contribution is -2.41. The third kappa shape index (κ3) is 7.87. The van der Waals surface area contributed by atoms with Crippen molar-refractivity contribution in [3.63, 3.8) is 0 Å². The number of fused-ring (bicyclic) bond motifs is 1. The van der Waals surface area contributed by atoms with Gasteiger partial charge < -0.3 is 14.7 Å². The van der Waals surface area contributed by atoms with E-state index in [0.29, 0.717) is 54.9 Å². The van der Waals surface area contributed by atoms with Gasteiger partial charge in [0.15, 0.2) is 0 Å². The second-order valence-corrected chi connectivity index (χ2v) is 11.3. The van der Waals surface area contributed by atoms with Gasteiger partial charge in [0.25, 0.3) is 0 Å². The van der Waals surface area contributed by atoms with Gasteiger partial charge in [0, 0.05) is 41.7 Å². The first-order chi connectivity index (χ1) is 19.2. The number of rotatable bonds is 12. The van der Waals surface area contributed by atoms with Crippen LogP contribution in [0.25, 0.3) is 10.9 Å². The number of aromatic nitrogens is 1. The minimum atomic E-state index is -4.40. The maximum atomic E-state index is 15.6. The van der Waals surface area contributed by atoms with Crippen LogP contribution in [-0.4, -0.2) is 53.5 Å². The van der Waals surface area contributed by atoms with E-state index in [0.717, 1.165) is 24.4 Å². The van der Waals surface area contributed by atoms with Crippen LogP contribution in [0.5, 0.6) is 5.75 Å². The van der Waals surface area contributed by atoms with Crippen LogP contribution in [0.1, 0.15) is 49.4 Å². The number of carboxylic acids is 1. The Morgan fingerprint density at radius 2 is 1.98 bits per heavy atom. The second-order valence-electron chi connectivity index (χ2n) is 10.2. The maximum Gasteiger partial charge on any atom is 0.417 e. The number of likely N-dealkylation sites (tertiary alicyclic amines) is 1. The predicted octanol–water partition coefficient (Wildman–Crippen LogP) is 7.65. The molecule has 0 saturated carbocycles. The number of piperidine rings is 1. The van der Waals surface area contributed by atoms with Gasteiger partial charge in [-0.2, -0.15) is 13.2 Å². The summed E-state index contributed by atoms with van der Waals surface area (Å²) in [6.07, 6.45) is -1.71. The van der Waals surface area contributed by atoms with E-state index in [1.807, 2.05) is 6.07 Å². The third-order valence-corrected chi connectivity index (χ3v) is 8.73. The molecule has 0 bridgehead atoms. The van der Waals surface area contributed by atoms with Crippen molar-refractivity contribution in [2.45, 2.75) is 49.3 Å². The van der Waals surface area contributed by atoms with E-state index in [4.69, 9.17) is 4.74 Å². The molecule has 1 fully saturated rings. The van der Waals surface area contributed by atoms with Crippen LogP contribution in [-0.2, 0) is 11.0 Å². The Morgan fingerprint density at radius 1 is 1.18 bits per heavy atom. The number of ether oxygens (including phenoxy) is 1. The highest BCUT2D eigenvalue weighted by Gasteiger charge is 2.33. The molecule has 0 amide bonds. The van der Waals surface area contributed by atoms with Gasteiger partial charge in [0.2, 0.25) is 0 Å². The summed E-state index contributed by atoms with van der Waals surface area (Å²) in [5.74, 6) is 0.522. The summed E-state index contributed by atoms with van der Waals surface area (Å²) in [7, 11) is 1.56. The number of aliphatic carboxylic acids is 1. The Labute approximate surface area is 235 Å². The molecule has 3 aromatic rings. The van der Waals surface area contributed by atoms with E-state index in [-0.39, 0.29) is 23.2 Å². The molecule has 1 aliphatic rings. The molecule has 1 aliphatic heterocycles. The molecule has 1 aromatic heterocycles. The number of benzene rings is 2. The molecule has 0 aliphatic carbocycles. The van der Waals surface area contributed by atoms with Crippen LogP contribution in [0.15, 0.2) is 59.6 Å². The summed E-state index contributed by atoms with van der Waals surface area (Å²) in [4.78, 5) is 18.1. The highest BCUT2D eigenvalue weighted by Crippen LogP contribution is 2.38. The maximum absolute atomic E-state index is 15.6. The van der Waals surface area contributed by atoms with E-state index < -0.39 is 23.9 Å². The molecule has 4 rings (SSSR count). The van der Waals surface area contributed by atoms with Gasteiger partial charge in [-0.25, -0.2) is 4.39 Å². The fourth-order valence-corrected chi connectivity index (χ4v) is 6.63. The lowest BCUT2D eigenvalue weighted by Gasteiger charge is -2.39. The van der Waals surface area contributed by atoms with E-state index >= 15 is 4.39 Å². The van der Waals surface area contributed by atoms with Crippen molar-refractivity contribution >= 4 is 28.6 Å². The number of carboxylic acid groups (broad SMARTS) is 1. The summed E-state index contributed by atoms with van der Waals surface area (Å²) in [6.45, 7) is 2.01. The van der Waals surface area contributed by atoms with Gasteiger partial charge in [0.05, 0.1) is 18.2 Å². The number of methoxy groups -OCH3 is 1. The van der Waals surface area contributed by atoms with E-state index in [9.17, 15) is 23.1 Å². The van der Waals surface area contributed by atoms with Crippen LogP contribution in [0.2, 0.25) is 0 Å². The fraction of sp³-hybridized carbons (Fsp3) is 0.467. The van der Waals surface area contributed by atoms with Gasteiger partial charge in [-0.15, -0.1) is 11.8 Å². The monoisotopic (exact) mass is 578 g/mol. The van der Waals surface area contributed by atoms with E-state index in [1.165, 1.54) is 23.9 Å². The molecule has 2 heterocycles. The summed E-state index contributed by atoms with van der Waals surface area (Å²) in [6, 6.07) is 12.7. The Morgan fingerprint density at radius 3 is 2.73 bits per heavy atom. The number of alkyl halides is 4. The summed E-state index contributed by atoms with van der Waals surface area (Å²) >= 11 is 1.18. The van der Waals surface area contributed by atoms with Crippen molar-refractivity contribution < 1.29 is 32.2 Å². The smallest absolute Gasteiger partial charge is 0.417 e. The Balaban J connectivity index is 1.36. The molecule has 216 valence electrons. The highest BCUT2D eigenvalue weighted by molar-refractivity contribution is 7.99. The lowest BCUT2D eigenvalue weighted by molar-refractivity contribution is -0.140. The molecule has 3 atom stereocenters. The first-order valence-corrected chi connectivity index (χ1v) is 14.4. The number of halogens is 4. The summed E-state index contributed by atoms with van der Waals surface area (Å²) < 4.78 is 60.8. The van der Waals surface area contributed by atoms with Crippen LogP contribution < -0.4 is 4.74 Å². The van der Waals surface area contributed by atoms with Crippen LogP contribution in [0.4, 0.5) is 17.6 Å². The predicted molar refractivity (Wildman–Crippen MR) is 148 cm³/mol. The van der Waals surface area contributed by atoms with Gasteiger partial charge in [0.1, 0.15) is 11.9 Å². The molecule has 1 saturated heterocycles. The van der Waals surface area contributed by atoms with Crippen LogP contribution >= 0.6 is 11.8 Å². The average molecular weight is 579 g/mol. The topological polar surface area (TPSA) is 62.7 Å². The zero-order valence-electron chi connectivity index (χ0n) is 22.4. The number of hydrogen-bond acceptors (Lipinski definition) is 5. The number of hydrogen-bond donors (Lipinski definition) is 1. The first kappa shape index (κ1) is 30.1. The molecule has 0 spiro atoms. The van der Waals surface area contributed by atoms with Gasteiger partial charge in [-0.3, -0.25) is 9.78 Å². The van der Waals surface area contributed by atoms with E-state index in [2.05, 4.69) is 9.88 Å². The van der Waals surface area contributed by atoms with Gasteiger partial charge >= 0.3 is 12.1 Å². The van der Waals surface area contributed by atoms with Crippen LogP contribution in [0, 0.1) is 11.8 Å². The fourth-order valence-electron chi connectivity index (χ4n) is 5.55. The Kier molecular flexibility index (Phi) is 10.3. The molecule has 1 N–H and O–H groups in total. The van der Waals surface area contributed by atoms with E-state index in [1.54, 1.807) is 37.6 Å². The number of carbonyl (C=O) groups is 1. The first-order valence-electron chi connectivity index (χ1n) is 13.5. The van der Waals surface area contributed by atoms with Crippen molar-refractivity contribution in [1.82, 2.24) is 9.88 Å². The standard InChI is InChI=1S/C30H34F4N2O3S/c1-39-22-8-10-27-24(18-22)23(12-14-35-27)26(31)9-6-20-13-15-36(19-21(20)7-11-29(37)38)16-17-40-28-5-3-2-4-25(28)30(32,33)34/h2-5,8,10,12,14,18,20-21,26H,6-7,9,11,13,15-17,19H2,1H3,(H,37,38)/t20-,21+,26?/m1/s1. The number of nitrogens with zero attached hydrogens (tertiary/aromatic N) is 2. The molecular formula is C30H34F4N2O3S. The third-order valence-electron chi connectivity index (χ3n) is 7.67. The second kappa shape index (κ2) is 13.7. The minimum absolute atomic E-state index is 0.0382. The average Bonchev–Trinajstić information content (AvgIpc) is 2.94. The normalized spacial score (nSPS) is 19.0. The largest absolute Gasteiger partial charge is 0.497 e. The molecule has 5 nitrogen and oxygen atoms in total. The zero-order chi connectivity index (χ0) is 28.7. The zero-order valence-corrected chi connectivity index (χ0v) is 23.2. The van der Waals surface area contributed by atoms with Gasteiger partial charge in [-0.1, -0.05) is 12.1 Å². The number of thioether (sulfide) groups is 1.